The maximum atomic E-state index is 13.0. The second kappa shape index (κ2) is 58.8. The lowest BCUT2D eigenvalue weighted by atomic mass is 10.00. The molecule has 0 aromatic rings. The van der Waals surface area contributed by atoms with Gasteiger partial charge in [0, 0.05) is 25.7 Å². The second-order valence-corrected chi connectivity index (χ2v) is 29.5. The Balaban J connectivity index is 5.24. The maximum Gasteiger partial charge on any atom is 0.472 e. The Kier molecular flexibility index (Phi) is 57.6. The third-order valence-electron chi connectivity index (χ3n) is 16.2. The van der Waals surface area contributed by atoms with Crippen molar-refractivity contribution in [1.82, 2.24) is 0 Å². The molecule has 0 bridgehead atoms. The molecule has 0 radical (unpaired) electrons. The van der Waals surface area contributed by atoms with Gasteiger partial charge in [0.25, 0.3) is 0 Å². The minimum atomic E-state index is -4.95. The standard InChI is InChI=1S/C69H134O17P2/c1-9-62(8)48-40-32-27-28-34-42-50-67(72)80-56-65(86-68(73)51-43-35-24-18-14-12-10-11-13-16-21-29-37-45-59(2)3)58-84-88(77,78)82-54-63(70)53-81-87(75,76)83-57-64(55-79-66(71)49-41-33-26-20-23-31-39-47-61(6)7)85-69(74)52-44-36-25-19-15-17-22-30-38-46-60(4)5/h59-65,70H,9-58H2,1-8H3,(H,75,76)(H,77,78)/t62?,63-,64-,65-/m1/s1. The molecule has 0 saturated heterocycles. The monoisotopic (exact) mass is 1300 g/mol. The van der Waals surface area contributed by atoms with Crippen LogP contribution in [0.15, 0.2) is 0 Å². The number of carbonyl (C=O) groups is 4. The minimum absolute atomic E-state index is 0.104. The van der Waals surface area contributed by atoms with Gasteiger partial charge in [-0.1, -0.05) is 287 Å². The van der Waals surface area contributed by atoms with Crippen LogP contribution < -0.4 is 0 Å². The van der Waals surface area contributed by atoms with Gasteiger partial charge in [-0.15, -0.1) is 0 Å². The van der Waals surface area contributed by atoms with Gasteiger partial charge in [-0.25, -0.2) is 9.13 Å². The van der Waals surface area contributed by atoms with E-state index in [-0.39, 0.29) is 25.7 Å². The van der Waals surface area contributed by atoms with E-state index in [1.807, 2.05) is 0 Å². The molecular formula is C69H134O17P2. The number of hydrogen-bond donors (Lipinski definition) is 3. The van der Waals surface area contributed by atoms with Gasteiger partial charge >= 0.3 is 39.5 Å². The van der Waals surface area contributed by atoms with E-state index >= 15 is 0 Å². The summed E-state index contributed by atoms with van der Waals surface area (Å²) in [4.78, 5) is 72.5. The summed E-state index contributed by atoms with van der Waals surface area (Å²) in [7, 11) is -9.90. The van der Waals surface area contributed by atoms with Gasteiger partial charge in [0.2, 0.25) is 0 Å². The fourth-order valence-corrected chi connectivity index (χ4v) is 11.9. The average Bonchev–Trinajstić information content (AvgIpc) is 3.58. The Hall–Kier alpha value is -1.94. The van der Waals surface area contributed by atoms with Gasteiger partial charge in [-0.2, -0.15) is 0 Å². The number of rotatable bonds is 66. The van der Waals surface area contributed by atoms with Crippen molar-refractivity contribution in [2.24, 2.45) is 23.7 Å². The Morgan fingerprint density at radius 1 is 0.318 bits per heavy atom. The molecule has 3 unspecified atom stereocenters. The lowest BCUT2D eigenvalue weighted by Crippen LogP contribution is -2.30. The number of hydrogen-bond acceptors (Lipinski definition) is 15. The summed E-state index contributed by atoms with van der Waals surface area (Å²) in [5.74, 6) is 0.826. The van der Waals surface area contributed by atoms with Gasteiger partial charge < -0.3 is 33.8 Å². The zero-order valence-electron chi connectivity index (χ0n) is 57.3. The molecule has 0 amide bonds. The van der Waals surface area contributed by atoms with Gasteiger partial charge in [0.15, 0.2) is 12.2 Å². The maximum absolute atomic E-state index is 13.0. The minimum Gasteiger partial charge on any atom is -0.462 e. The van der Waals surface area contributed by atoms with Crippen molar-refractivity contribution in [1.29, 1.82) is 0 Å². The van der Waals surface area contributed by atoms with Crippen LogP contribution in [0, 0.1) is 23.7 Å². The molecule has 522 valence electrons. The van der Waals surface area contributed by atoms with Crippen LogP contribution in [-0.4, -0.2) is 96.7 Å². The molecule has 0 aromatic heterocycles. The highest BCUT2D eigenvalue weighted by Crippen LogP contribution is 2.45. The lowest BCUT2D eigenvalue weighted by molar-refractivity contribution is -0.161. The van der Waals surface area contributed by atoms with Crippen LogP contribution in [0.2, 0.25) is 0 Å². The van der Waals surface area contributed by atoms with Crippen molar-refractivity contribution < 1.29 is 80.2 Å². The molecule has 17 nitrogen and oxygen atoms in total. The summed E-state index contributed by atoms with van der Waals surface area (Å²) in [5, 5.41) is 10.6. The fraction of sp³-hybridized carbons (Fsp3) is 0.942. The Morgan fingerprint density at radius 3 is 0.807 bits per heavy atom. The first kappa shape index (κ1) is 86.1. The summed E-state index contributed by atoms with van der Waals surface area (Å²) in [6.45, 7) is 14.0. The predicted octanol–water partition coefficient (Wildman–Crippen LogP) is 19.3. The zero-order valence-corrected chi connectivity index (χ0v) is 59.1. The SMILES string of the molecule is CCC(C)CCCCCCCCC(=O)OC[C@H](COP(=O)(O)OC[C@H](O)COP(=O)(O)OC[C@@H](COC(=O)CCCCCCCCCC(C)C)OC(=O)CCCCCCCCCCCC(C)C)OC(=O)CCCCCCCCCCCCCCCC(C)C. The molecule has 3 N–H and O–H groups in total. The molecule has 0 fully saturated rings. The third-order valence-corrected chi connectivity index (χ3v) is 18.1. The first-order chi connectivity index (χ1) is 42.1. The van der Waals surface area contributed by atoms with Crippen molar-refractivity contribution in [3.8, 4) is 0 Å². The van der Waals surface area contributed by atoms with Crippen LogP contribution in [0.25, 0.3) is 0 Å². The summed E-state index contributed by atoms with van der Waals surface area (Å²) < 4.78 is 68.2. The molecule has 0 aliphatic carbocycles. The van der Waals surface area contributed by atoms with E-state index in [0.29, 0.717) is 31.6 Å². The summed E-state index contributed by atoms with van der Waals surface area (Å²) in [5.41, 5.74) is 0. The largest absolute Gasteiger partial charge is 0.472 e. The molecule has 6 atom stereocenters. The molecule has 0 saturated carbocycles. The lowest BCUT2D eigenvalue weighted by Gasteiger charge is -2.21. The van der Waals surface area contributed by atoms with Crippen molar-refractivity contribution in [2.45, 2.75) is 356 Å². The van der Waals surface area contributed by atoms with E-state index in [0.717, 1.165) is 120 Å². The van der Waals surface area contributed by atoms with Crippen LogP contribution in [0.3, 0.4) is 0 Å². The first-order valence-electron chi connectivity index (χ1n) is 35.7. The van der Waals surface area contributed by atoms with Crippen molar-refractivity contribution in [3.05, 3.63) is 0 Å². The molecule has 19 heteroatoms. The summed E-state index contributed by atoms with van der Waals surface area (Å²) in [6.07, 6.45) is 40.4. The highest BCUT2D eigenvalue weighted by Gasteiger charge is 2.30. The molecule has 0 aliphatic heterocycles. The van der Waals surface area contributed by atoms with Gasteiger partial charge in [0.05, 0.1) is 26.4 Å². The summed E-state index contributed by atoms with van der Waals surface area (Å²) in [6, 6.07) is 0. The molecule has 0 spiro atoms. The number of unbranched alkanes of at least 4 members (excludes halogenated alkanes) is 31. The molecule has 0 aromatic carbocycles. The van der Waals surface area contributed by atoms with Crippen molar-refractivity contribution >= 4 is 39.5 Å². The smallest absolute Gasteiger partial charge is 0.462 e. The number of aliphatic hydroxyl groups is 1. The number of aliphatic hydroxyl groups excluding tert-OH is 1. The number of ether oxygens (including phenoxy) is 4. The number of carbonyl (C=O) groups excluding carboxylic acids is 4. The Bertz CT molecular complexity index is 1750. The first-order valence-corrected chi connectivity index (χ1v) is 38.7. The van der Waals surface area contributed by atoms with Gasteiger partial charge in [0.1, 0.15) is 19.3 Å². The average molecular weight is 1300 g/mol. The van der Waals surface area contributed by atoms with Crippen LogP contribution in [0.4, 0.5) is 0 Å². The van der Waals surface area contributed by atoms with E-state index < -0.39 is 97.5 Å². The van der Waals surface area contributed by atoms with Crippen LogP contribution >= 0.6 is 15.6 Å². The van der Waals surface area contributed by atoms with Crippen LogP contribution in [0.1, 0.15) is 338 Å². The highest BCUT2D eigenvalue weighted by molar-refractivity contribution is 7.47. The van der Waals surface area contributed by atoms with Crippen LogP contribution in [-0.2, 0) is 65.4 Å². The van der Waals surface area contributed by atoms with E-state index in [1.165, 1.54) is 128 Å². The third kappa shape index (κ3) is 61.6. The second-order valence-electron chi connectivity index (χ2n) is 26.6. The summed E-state index contributed by atoms with van der Waals surface area (Å²) >= 11 is 0. The fourth-order valence-electron chi connectivity index (χ4n) is 10.3. The number of esters is 4. The Morgan fingerprint density at radius 2 is 0.545 bits per heavy atom. The molecule has 88 heavy (non-hydrogen) atoms. The van der Waals surface area contributed by atoms with Gasteiger partial charge in [-0.05, 0) is 49.4 Å². The molecule has 0 aliphatic rings. The highest BCUT2D eigenvalue weighted by atomic mass is 31.2. The quantitative estimate of drug-likeness (QED) is 0.0222. The van der Waals surface area contributed by atoms with E-state index in [4.69, 9.17) is 37.0 Å². The van der Waals surface area contributed by atoms with Crippen molar-refractivity contribution in [3.63, 3.8) is 0 Å². The van der Waals surface area contributed by atoms with Gasteiger partial charge in [-0.3, -0.25) is 37.3 Å². The molecule has 0 heterocycles. The number of phosphoric acid groups is 2. The van der Waals surface area contributed by atoms with Crippen molar-refractivity contribution in [2.75, 3.05) is 39.6 Å². The number of phosphoric ester groups is 2. The van der Waals surface area contributed by atoms with E-state index in [1.54, 1.807) is 0 Å². The van der Waals surface area contributed by atoms with E-state index in [2.05, 4.69) is 55.4 Å². The topological polar surface area (TPSA) is 237 Å². The molecular weight excluding hydrogens is 1160 g/mol. The zero-order chi connectivity index (χ0) is 65.4. The predicted molar refractivity (Wildman–Crippen MR) is 354 cm³/mol. The normalized spacial score (nSPS) is 14.6. The Labute approximate surface area is 537 Å². The molecule has 0 rings (SSSR count). The van der Waals surface area contributed by atoms with Crippen LogP contribution in [0.5, 0.6) is 0 Å². The van der Waals surface area contributed by atoms with E-state index in [9.17, 15) is 43.2 Å².